The van der Waals surface area contributed by atoms with Gasteiger partial charge in [-0.1, -0.05) is 0 Å². The molecule has 0 fully saturated rings. The zero-order chi connectivity index (χ0) is 14.1. The predicted octanol–water partition coefficient (Wildman–Crippen LogP) is 0.998. The molecule has 0 aromatic carbocycles. The molecule has 0 bridgehead atoms. The monoisotopic (exact) mass is 291 g/mol. The van der Waals surface area contributed by atoms with Gasteiger partial charge < -0.3 is 10.4 Å². The highest BCUT2D eigenvalue weighted by Gasteiger charge is 2.12. The van der Waals surface area contributed by atoms with Crippen LogP contribution in [0.2, 0.25) is 0 Å². The number of amides is 1. The number of nitrogens with zero attached hydrogens (tertiary/aromatic N) is 3. The van der Waals surface area contributed by atoms with Gasteiger partial charge in [0.25, 0.3) is 0 Å². The number of H-pyrrole nitrogens is 1. The highest BCUT2D eigenvalue weighted by Crippen LogP contribution is 2.12. The van der Waals surface area contributed by atoms with Crippen LogP contribution in [0.5, 0.6) is 0 Å². The van der Waals surface area contributed by atoms with E-state index in [9.17, 15) is 9.59 Å². The van der Waals surface area contributed by atoms with Gasteiger partial charge in [0, 0.05) is 23.8 Å². The Bertz CT molecular complexity index is 758. The number of carbonyl (C=O) groups is 2. The van der Waals surface area contributed by atoms with E-state index in [1.165, 1.54) is 17.4 Å². The number of imidazole rings is 1. The van der Waals surface area contributed by atoms with Gasteiger partial charge in [-0.25, -0.2) is 9.78 Å². The lowest BCUT2D eigenvalue weighted by molar-refractivity contribution is -0.115. The first kappa shape index (κ1) is 12.4. The van der Waals surface area contributed by atoms with Crippen molar-refractivity contribution in [2.45, 2.75) is 6.42 Å². The van der Waals surface area contributed by atoms with Crippen LogP contribution in [0.15, 0.2) is 23.8 Å². The normalized spacial score (nSPS) is 10.8. The molecule has 3 heterocycles. The molecule has 3 aromatic rings. The number of hydrogen-bond donors (Lipinski definition) is 3. The summed E-state index contributed by atoms with van der Waals surface area (Å²) in [5.74, 6) is -1.26. The first-order valence-electron chi connectivity index (χ1n) is 5.61. The summed E-state index contributed by atoms with van der Waals surface area (Å²) < 4.78 is 1.84. The third-order valence-electron chi connectivity index (χ3n) is 2.56. The van der Waals surface area contributed by atoms with Gasteiger partial charge in [-0.15, -0.1) is 11.3 Å². The van der Waals surface area contributed by atoms with Crippen molar-refractivity contribution in [1.29, 1.82) is 0 Å². The van der Waals surface area contributed by atoms with Crippen LogP contribution in [-0.2, 0) is 11.2 Å². The van der Waals surface area contributed by atoms with Crippen molar-refractivity contribution in [1.82, 2.24) is 19.6 Å². The van der Waals surface area contributed by atoms with Gasteiger partial charge >= 0.3 is 5.97 Å². The fourth-order valence-electron chi connectivity index (χ4n) is 1.71. The topological polar surface area (TPSA) is 112 Å². The Morgan fingerprint density at radius 3 is 3.05 bits per heavy atom. The van der Waals surface area contributed by atoms with Crippen molar-refractivity contribution in [3.8, 4) is 0 Å². The number of hydrogen-bond acceptors (Lipinski definition) is 5. The summed E-state index contributed by atoms with van der Waals surface area (Å²) in [4.78, 5) is 27.6. The zero-order valence-corrected chi connectivity index (χ0v) is 10.8. The second-order valence-electron chi connectivity index (χ2n) is 4.02. The van der Waals surface area contributed by atoms with Gasteiger partial charge in [0.2, 0.25) is 5.91 Å². The molecular weight excluding hydrogens is 282 g/mol. The average Bonchev–Trinajstić information content (AvgIpc) is 3.03. The Morgan fingerprint density at radius 2 is 2.35 bits per heavy atom. The molecule has 9 heteroatoms. The van der Waals surface area contributed by atoms with Crippen LogP contribution in [0, 0.1) is 0 Å². The number of thiazole rings is 1. The van der Waals surface area contributed by atoms with Crippen molar-refractivity contribution in [2.75, 3.05) is 5.32 Å². The molecule has 3 N–H and O–H groups in total. The molecule has 0 spiro atoms. The van der Waals surface area contributed by atoms with E-state index < -0.39 is 5.97 Å². The number of carboxylic acid groups (broad SMARTS) is 1. The summed E-state index contributed by atoms with van der Waals surface area (Å²) in [5, 5.41) is 19.1. The Morgan fingerprint density at radius 1 is 1.50 bits per heavy atom. The minimum atomic E-state index is -1.13. The summed E-state index contributed by atoms with van der Waals surface area (Å²) in [6.07, 6.45) is 3.74. The summed E-state index contributed by atoms with van der Waals surface area (Å²) in [5.41, 5.74) is 0.561. The van der Waals surface area contributed by atoms with Gasteiger partial charge in [0.05, 0.1) is 12.1 Å². The van der Waals surface area contributed by atoms with Gasteiger partial charge in [-0.3, -0.25) is 14.3 Å². The minimum Gasteiger partial charge on any atom is -0.477 e. The summed E-state index contributed by atoms with van der Waals surface area (Å²) in [6.45, 7) is 0. The van der Waals surface area contributed by atoms with Gasteiger partial charge in [-0.05, 0) is 0 Å². The number of anilines is 1. The first-order chi connectivity index (χ1) is 9.61. The Kier molecular flexibility index (Phi) is 2.95. The Labute approximate surface area is 116 Å². The molecule has 0 atom stereocenters. The lowest BCUT2D eigenvalue weighted by Crippen LogP contribution is -2.14. The summed E-state index contributed by atoms with van der Waals surface area (Å²) in [7, 11) is 0. The van der Waals surface area contributed by atoms with Gasteiger partial charge in [0.15, 0.2) is 10.8 Å². The van der Waals surface area contributed by atoms with Crippen LogP contribution in [0.1, 0.15) is 16.2 Å². The molecule has 0 aliphatic heterocycles. The van der Waals surface area contributed by atoms with E-state index in [1.807, 2.05) is 16.0 Å². The fraction of sp³-hybridized carbons (Fsp3) is 0.0909. The third kappa shape index (κ3) is 2.38. The first-order valence-corrected chi connectivity index (χ1v) is 6.49. The summed E-state index contributed by atoms with van der Waals surface area (Å²) >= 11 is 1.48. The number of carboxylic acids is 1. The van der Waals surface area contributed by atoms with E-state index in [0.29, 0.717) is 5.69 Å². The Balaban J connectivity index is 1.66. The standard InChI is InChI=1S/C11H9N5O3S/c17-9(13-8-4-7(10(18)19)14-15-8)3-6-5-16-1-2-20-11(16)12-6/h1-2,4-5H,3H2,(H,18,19)(H2,13,14,15,17). The zero-order valence-electron chi connectivity index (χ0n) is 10.0. The SMILES string of the molecule is O=C(Cc1cn2ccsc2n1)Nc1cc(C(=O)O)[nH]n1. The lowest BCUT2D eigenvalue weighted by atomic mass is 10.3. The maximum Gasteiger partial charge on any atom is 0.353 e. The average molecular weight is 291 g/mol. The van der Waals surface area contributed by atoms with Crippen molar-refractivity contribution in [2.24, 2.45) is 0 Å². The number of rotatable bonds is 4. The second-order valence-corrected chi connectivity index (χ2v) is 4.90. The molecule has 3 rings (SSSR count). The third-order valence-corrected chi connectivity index (χ3v) is 3.33. The maximum absolute atomic E-state index is 11.8. The number of aromatic nitrogens is 4. The largest absolute Gasteiger partial charge is 0.477 e. The Hall–Kier alpha value is -2.68. The van der Waals surface area contributed by atoms with E-state index in [2.05, 4.69) is 20.5 Å². The molecule has 0 unspecified atom stereocenters. The molecule has 0 saturated heterocycles. The predicted molar refractivity (Wildman–Crippen MR) is 70.9 cm³/mol. The molecule has 1 amide bonds. The van der Waals surface area contributed by atoms with Crippen LogP contribution in [0.4, 0.5) is 5.82 Å². The highest BCUT2D eigenvalue weighted by molar-refractivity contribution is 7.15. The molecule has 20 heavy (non-hydrogen) atoms. The molecule has 8 nitrogen and oxygen atoms in total. The van der Waals surface area contributed by atoms with Crippen molar-refractivity contribution >= 4 is 34.0 Å². The molecule has 0 radical (unpaired) electrons. The van der Waals surface area contributed by atoms with E-state index in [0.717, 1.165) is 4.96 Å². The number of fused-ring (bicyclic) bond motifs is 1. The van der Waals surface area contributed by atoms with Crippen LogP contribution in [0.25, 0.3) is 4.96 Å². The molecule has 3 aromatic heterocycles. The van der Waals surface area contributed by atoms with E-state index in [1.54, 1.807) is 6.20 Å². The number of carbonyl (C=O) groups excluding carboxylic acids is 1. The summed E-state index contributed by atoms with van der Waals surface area (Å²) in [6, 6.07) is 1.26. The van der Waals surface area contributed by atoms with Crippen LogP contribution < -0.4 is 5.32 Å². The molecule has 0 saturated carbocycles. The van der Waals surface area contributed by atoms with Crippen LogP contribution >= 0.6 is 11.3 Å². The molecule has 102 valence electrons. The minimum absolute atomic E-state index is 0.0807. The lowest BCUT2D eigenvalue weighted by Gasteiger charge is -1.98. The van der Waals surface area contributed by atoms with Crippen molar-refractivity contribution in [3.63, 3.8) is 0 Å². The highest BCUT2D eigenvalue weighted by atomic mass is 32.1. The molecular formula is C11H9N5O3S. The smallest absolute Gasteiger partial charge is 0.353 e. The van der Waals surface area contributed by atoms with E-state index in [-0.39, 0.29) is 23.8 Å². The van der Waals surface area contributed by atoms with E-state index >= 15 is 0 Å². The quantitative estimate of drug-likeness (QED) is 0.663. The molecule has 0 aliphatic carbocycles. The number of aromatic carboxylic acids is 1. The van der Waals surface area contributed by atoms with Crippen LogP contribution in [-0.4, -0.2) is 36.6 Å². The number of nitrogens with one attached hydrogen (secondary N) is 2. The van der Waals surface area contributed by atoms with Gasteiger partial charge in [0.1, 0.15) is 5.69 Å². The fourth-order valence-corrected chi connectivity index (χ4v) is 2.43. The second kappa shape index (κ2) is 4.78. The van der Waals surface area contributed by atoms with Crippen molar-refractivity contribution in [3.05, 3.63) is 35.2 Å². The van der Waals surface area contributed by atoms with E-state index in [4.69, 9.17) is 5.11 Å². The maximum atomic E-state index is 11.8. The molecule has 0 aliphatic rings. The van der Waals surface area contributed by atoms with Crippen LogP contribution in [0.3, 0.4) is 0 Å². The van der Waals surface area contributed by atoms with Gasteiger partial charge in [-0.2, -0.15) is 5.10 Å². The van der Waals surface area contributed by atoms with Crippen molar-refractivity contribution < 1.29 is 14.7 Å². The number of aromatic amines is 1.